The quantitative estimate of drug-likeness (QED) is 0.647. The van der Waals surface area contributed by atoms with Crippen molar-refractivity contribution < 1.29 is 22.9 Å². The summed E-state index contributed by atoms with van der Waals surface area (Å²) in [5, 5.41) is 9.22. The third kappa shape index (κ3) is 4.15. The zero-order valence-corrected chi connectivity index (χ0v) is 12.3. The summed E-state index contributed by atoms with van der Waals surface area (Å²) < 4.78 is 30.1. The molecule has 0 aliphatic carbocycles. The topological polar surface area (TPSA) is 91.7 Å². The summed E-state index contributed by atoms with van der Waals surface area (Å²) >= 11 is 1.48. The van der Waals surface area contributed by atoms with Crippen LogP contribution in [0.25, 0.3) is 0 Å². The molecule has 0 amide bonds. The highest BCUT2D eigenvalue weighted by atomic mass is 32.2. The minimum Gasteiger partial charge on any atom is -0.369 e. The molecule has 5 nitrogen and oxygen atoms in total. The van der Waals surface area contributed by atoms with Gasteiger partial charge in [-0.1, -0.05) is 42.1 Å². The third-order valence-corrected chi connectivity index (χ3v) is 4.42. The molecule has 0 radical (unpaired) electrons. The average molecular weight is 324 g/mol. The lowest BCUT2D eigenvalue weighted by Crippen LogP contribution is -2.29. The minimum absolute atomic E-state index is 0.0116. The van der Waals surface area contributed by atoms with Gasteiger partial charge in [0.05, 0.1) is 0 Å². The highest BCUT2D eigenvalue weighted by Gasteiger charge is 2.29. The van der Waals surface area contributed by atoms with Crippen LogP contribution in [0.3, 0.4) is 0 Å². The van der Waals surface area contributed by atoms with E-state index in [1.165, 1.54) is 23.9 Å². The summed E-state index contributed by atoms with van der Waals surface area (Å²) in [4.78, 5) is 13.5. The predicted octanol–water partition coefficient (Wildman–Crippen LogP) is 2.23. The van der Waals surface area contributed by atoms with Crippen LogP contribution in [0, 0.1) is 0 Å². The summed E-state index contributed by atoms with van der Waals surface area (Å²) in [6.45, 7) is 0. The molecule has 2 rings (SSSR count). The third-order valence-electron chi connectivity index (χ3n) is 2.62. The molecule has 0 bridgehead atoms. The van der Waals surface area contributed by atoms with Crippen LogP contribution in [-0.4, -0.2) is 29.3 Å². The number of carbonyl (C=O) groups is 1. The lowest BCUT2D eigenvalue weighted by Gasteiger charge is -2.07. The molecule has 0 aliphatic heterocycles. The van der Waals surface area contributed by atoms with Gasteiger partial charge in [-0.15, -0.1) is 0 Å². The molecule has 0 saturated carbocycles. The van der Waals surface area contributed by atoms with Crippen molar-refractivity contribution >= 4 is 27.7 Å². The maximum atomic E-state index is 11.7. The summed E-state index contributed by atoms with van der Waals surface area (Å²) in [7, 11) is -4.81. The number of Topliss-reactive ketones (excluding diaryl/α,β-unsaturated/α-hetero) is 1. The van der Waals surface area contributed by atoms with Gasteiger partial charge in [0, 0.05) is 15.4 Å². The first-order valence-electron chi connectivity index (χ1n) is 5.89. The highest BCUT2D eigenvalue weighted by molar-refractivity contribution is 7.99. The van der Waals surface area contributed by atoms with E-state index in [4.69, 9.17) is 4.55 Å². The fraction of sp³-hybridized carbons (Fsp3) is 0.0714. The van der Waals surface area contributed by atoms with Crippen molar-refractivity contribution in [3.8, 4) is 0 Å². The Kier molecular flexibility index (Phi) is 4.79. The van der Waals surface area contributed by atoms with Crippen molar-refractivity contribution in [2.24, 2.45) is 0 Å². The minimum atomic E-state index is -4.81. The largest absolute Gasteiger partial charge is 0.369 e. The number of hydrogen-bond donors (Lipinski definition) is 2. The van der Waals surface area contributed by atoms with Gasteiger partial charge < -0.3 is 5.11 Å². The average Bonchev–Trinajstić information content (AvgIpc) is 2.46. The Balaban J connectivity index is 2.14. The molecule has 2 aromatic carbocycles. The summed E-state index contributed by atoms with van der Waals surface area (Å²) in [5.74, 6) is -1.06. The van der Waals surface area contributed by atoms with Crippen LogP contribution in [0.1, 0.15) is 10.4 Å². The van der Waals surface area contributed by atoms with E-state index in [0.717, 1.165) is 9.79 Å². The van der Waals surface area contributed by atoms with Gasteiger partial charge >= 0.3 is 0 Å². The van der Waals surface area contributed by atoms with Crippen molar-refractivity contribution in [2.75, 3.05) is 0 Å². The van der Waals surface area contributed by atoms with Crippen LogP contribution < -0.4 is 0 Å². The first kappa shape index (κ1) is 15.7. The fourth-order valence-electron chi connectivity index (χ4n) is 1.59. The van der Waals surface area contributed by atoms with E-state index in [0.29, 0.717) is 0 Å². The summed E-state index contributed by atoms with van der Waals surface area (Å²) in [5.41, 5.74) is -2.44. The van der Waals surface area contributed by atoms with Crippen LogP contribution in [0.4, 0.5) is 0 Å². The number of rotatable bonds is 5. The Hall–Kier alpha value is -1.67. The molecule has 0 fully saturated rings. The molecule has 2 aromatic rings. The molecule has 0 heterocycles. The lowest BCUT2D eigenvalue weighted by molar-refractivity contribution is 0.0848. The zero-order valence-electron chi connectivity index (χ0n) is 10.7. The molecule has 1 unspecified atom stereocenters. The highest BCUT2D eigenvalue weighted by Crippen LogP contribution is 2.27. The zero-order chi connectivity index (χ0) is 15.5. The number of aliphatic hydroxyl groups excluding tert-OH is 1. The number of benzene rings is 2. The normalized spacial score (nSPS) is 12.9. The van der Waals surface area contributed by atoms with E-state index >= 15 is 0 Å². The maximum absolute atomic E-state index is 11.7. The number of aliphatic hydroxyl groups is 1. The second-order valence-corrected chi connectivity index (χ2v) is 6.79. The molecule has 7 heteroatoms. The number of ketones is 1. The predicted molar refractivity (Wildman–Crippen MR) is 78.9 cm³/mol. The van der Waals surface area contributed by atoms with Gasteiger partial charge in [-0.25, -0.2) is 0 Å². The molecule has 0 aromatic heterocycles. The van der Waals surface area contributed by atoms with E-state index in [1.807, 2.05) is 30.3 Å². The van der Waals surface area contributed by atoms with E-state index in [2.05, 4.69) is 0 Å². The van der Waals surface area contributed by atoms with Crippen molar-refractivity contribution in [1.82, 2.24) is 0 Å². The van der Waals surface area contributed by atoms with Crippen LogP contribution in [0.5, 0.6) is 0 Å². The second kappa shape index (κ2) is 6.40. The van der Waals surface area contributed by atoms with Gasteiger partial charge in [0.25, 0.3) is 10.1 Å². The Morgan fingerprint density at radius 2 is 1.48 bits per heavy atom. The Morgan fingerprint density at radius 3 is 2.00 bits per heavy atom. The monoisotopic (exact) mass is 324 g/mol. The van der Waals surface area contributed by atoms with E-state index < -0.39 is 21.3 Å². The van der Waals surface area contributed by atoms with Crippen molar-refractivity contribution in [2.45, 2.75) is 15.2 Å². The van der Waals surface area contributed by atoms with Crippen LogP contribution >= 0.6 is 11.8 Å². The van der Waals surface area contributed by atoms with Crippen molar-refractivity contribution in [3.05, 3.63) is 60.2 Å². The second-order valence-electron chi connectivity index (χ2n) is 4.17. The standard InChI is InChI=1S/C14H12O5S2/c15-13(14(16)21(17,18)19)10-6-8-12(9-7-10)20-11-4-2-1-3-5-11/h1-9,14,16H,(H,17,18,19). The van der Waals surface area contributed by atoms with Crippen LogP contribution in [-0.2, 0) is 10.1 Å². The molecular weight excluding hydrogens is 312 g/mol. The molecule has 0 saturated heterocycles. The molecule has 110 valence electrons. The number of carbonyl (C=O) groups excluding carboxylic acids is 1. The van der Waals surface area contributed by atoms with E-state index in [-0.39, 0.29) is 5.56 Å². The fourth-order valence-corrected chi connectivity index (χ4v) is 2.83. The van der Waals surface area contributed by atoms with Gasteiger partial charge in [0.1, 0.15) is 0 Å². The van der Waals surface area contributed by atoms with Crippen molar-refractivity contribution in [1.29, 1.82) is 0 Å². The molecule has 21 heavy (non-hydrogen) atoms. The van der Waals surface area contributed by atoms with E-state index in [1.54, 1.807) is 12.1 Å². The van der Waals surface area contributed by atoms with Gasteiger partial charge in [-0.05, 0) is 24.3 Å². The Bertz CT molecular complexity index is 724. The van der Waals surface area contributed by atoms with Crippen molar-refractivity contribution in [3.63, 3.8) is 0 Å². The van der Waals surface area contributed by atoms with Gasteiger partial charge in [-0.2, -0.15) is 8.42 Å². The van der Waals surface area contributed by atoms with E-state index in [9.17, 15) is 18.3 Å². The summed E-state index contributed by atoms with van der Waals surface area (Å²) in [6, 6.07) is 15.7. The molecule has 0 aliphatic rings. The molecule has 1 atom stereocenters. The SMILES string of the molecule is O=C(c1ccc(Sc2ccccc2)cc1)C(O)S(=O)(=O)O. The first-order valence-corrected chi connectivity index (χ1v) is 8.21. The van der Waals surface area contributed by atoms with Gasteiger partial charge in [0.15, 0.2) is 0 Å². The lowest BCUT2D eigenvalue weighted by atomic mass is 10.1. The Morgan fingerprint density at radius 1 is 0.952 bits per heavy atom. The smallest absolute Gasteiger partial charge is 0.299 e. The van der Waals surface area contributed by atoms with Gasteiger partial charge in [0.2, 0.25) is 11.2 Å². The Labute approximate surface area is 126 Å². The maximum Gasteiger partial charge on any atom is 0.299 e. The molecular formula is C14H12O5S2. The van der Waals surface area contributed by atoms with Crippen LogP contribution in [0.15, 0.2) is 64.4 Å². The number of hydrogen-bond acceptors (Lipinski definition) is 5. The molecule has 0 spiro atoms. The first-order chi connectivity index (χ1) is 9.88. The van der Waals surface area contributed by atoms with Gasteiger partial charge in [-0.3, -0.25) is 9.35 Å². The van der Waals surface area contributed by atoms with Crippen LogP contribution in [0.2, 0.25) is 0 Å². The molecule has 2 N–H and O–H groups in total. The summed E-state index contributed by atoms with van der Waals surface area (Å²) in [6.07, 6.45) is 0.